The van der Waals surface area contributed by atoms with Gasteiger partial charge in [-0.2, -0.15) is 12.8 Å². The van der Waals surface area contributed by atoms with Crippen LogP contribution in [0, 0.1) is 0 Å². The van der Waals surface area contributed by atoms with Gasteiger partial charge in [-0.05, 0) is 12.1 Å². The van der Waals surface area contributed by atoms with E-state index >= 15 is 0 Å². The van der Waals surface area contributed by atoms with E-state index in [4.69, 9.17) is 5.73 Å². The molecule has 0 bridgehead atoms. The molecule has 0 atom stereocenters. The summed E-state index contributed by atoms with van der Waals surface area (Å²) in [7, 11) is -2.50. The molecule has 90 valence electrons. The lowest BCUT2D eigenvalue weighted by molar-refractivity contribution is 0.0600. The number of hydrogen-bond donors (Lipinski definition) is 1. The summed E-state index contributed by atoms with van der Waals surface area (Å²) < 4.78 is 31.4. The van der Waals surface area contributed by atoms with Crippen LogP contribution in [0.15, 0.2) is 27.5 Å². The van der Waals surface area contributed by atoms with Crippen LogP contribution in [0.1, 0.15) is 15.9 Å². The second-order valence-electron chi connectivity index (χ2n) is 3.42. The minimum Gasteiger partial charge on any atom is -0.465 e. The number of carbonyl (C=O) groups excluding carboxylic acids is 1. The minimum atomic E-state index is -3.73. The number of nitrogens with two attached hydrogens (primary N) is 1. The Morgan fingerprint density at radius 2 is 2.18 bits per heavy atom. The molecule has 2 N–H and O–H groups in total. The highest BCUT2D eigenvalue weighted by Crippen LogP contribution is 2.27. The zero-order valence-electron chi connectivity index (χ0n) is 9.00. The molecule has 1 aliphatic rings. The van der Waals surface area contributed by atoms with E-state index in [1.54, 1.807) is 0 Å². The summed E-state index contributed by atoms with van der Waals surface area (Å²) in [5.41, 5.74) is 6.32. The van der Waals surface area contributed by atoms with Gasteiger partial charge in [-0.1, -0.05) is 6.07 Å². The fourth-order valence-corrected chi connectivity index (χ4v) is 2.91. The van der Waals surface area contributed by atoms with E-state index in [1.807, 2.05) is 0 Å². The van der Waals surface area contributed by atoms with Crippen LogP contribution in [-0.2, 0) is 14.8 Å². The van der Waals surface area contributed by atoms with Gasteiger partial charge in [0.1, 0.15) is 0 Å². The first-order valence-electron chi connectivity index (χ1n) is 4.76. The van der Waals surface area contributed by atoms with Crippen LogP contribution in [0.5, 0.6) is 0 Å². The molecule has 6 nitrogen and oxygen atoms in total. The number of rotatable bonds is 2. The second-order valence-corrected chi connectivity index (χ2v) is 4.99. The van der Waals surface area contributed by atoms with Crippen molar-refractivity contribution in [3.63, 3.8) is 0 Å². The Hall–Kier alpha value is -1.73. The van der Waals surface area contributed by atoms with Gasteiger partial charge < -0.3 is 10.5 Å². The molecule has 0 aromatic heterocycles. The van der Waals surface area contributed by atoms with Crippen LogP contribution in [-0.4, -0.2) is 33.8 Å². The maximum absolute atomic E-state index is 11.7. The molecule has 0 unspecified atom stereocenters. The predicted molar refractivity (Wildman–Crippen MR) is 60.6 cm³/mol. The van der Waals surface area contributed by atoms with E-state index in [9.17, 15) is 13.2 Å². The molecule has 0 amide bonds. The molecule has 0 radical (unpaired) electrons. The normalized spacial score (nSPS) is 16.2. The average Bonchev–Trinajstić information content (AvgIpc) is 2.59. The summed E-state index contributed by atoms with van der Waals surface area (Å²) in [6.07, 6.45) is 0. The molecule has 0 fully saturated rings. The third-order valence-corrected chi connectivity index (χ3v) is 3.77. The van der Waals surface area contributed by atoms with Crippen molar-refractivity contribution in [1.29, 1.82) is 0 Å². The summed E-state index contributed by atoms with van der Waals surface area (Å²) in [5, 5.41) is 0. The van der Waals surface area contributed by atoms with Gasteiger partial charge in [-0.15, -0.1) is 0 Å². The zero-order valence-corrected chi connectivity index (χ0v) is 9.82. The Bertz CT molecular complexity index is 619. The standard InChI is InChI=1S/C10H10N2O4S/c1-16-10(13)6-2-3-7-8(5-11)12-17(14,15)9(7)4-6/h2-4H,5,11H2,1H3. The van der Waals surface area contributed by atoms with E-state index in [-0.39, 0.29) is 17.0 Å². The monoisotopic (exact) mass is 254 g/mol. The number of esters is 1. The van der Waals surface area contributed by atoms with Crippen molar-refractivity contribution in [3.05, 3.63) is 29.3 Å². The molecular formula is C10H10N2O4S. The molecule has 1 heterocycles. The summed E-state index contributed by atoms with van der Waals surface area (Å²) in [5.74, 6) is -0.593. The number of hydrogen-bond acceptors (Lipinski definition) is 5. The molecule has 1 aromatic carbocycles. The highest BCUT2D eigenvalue weighted by molar-refractivity contribution is 7.90. The van der Waals surface area contributed by atoms with Crippen LogP contribution < -0.4 is 5.73 Å². The molecule has 0 saturated carbocycles. The molecule has 7 heteroatoms. The Balaban J connectivity index is 2.61. The molecule has 1 aromatic rings. The van der Waals surface area contributed by atoms with E-state index < -0.39 is 16.0 Å². The molecule has 0 spiro atoms. The summed E-state index contributed by atoms with van der Waals surface area (Å²) in [4.78, 5) is 11.3. The van der Waals surface area contributed by atoms with Gasteiger partial charge in [0.05, 0.1) is 23.3 Å². The second kappa shape index (κ2) is 3.94. The molecule has 2 rings (SSSR count). The Morgan fingerprint density at radius 3 is 2.76 bits per heavy atom. The fourth-order valence-electron chi connectivity index (χ4n) is 1.61. The zero-order chi connectivity index (χ0) is 12.6. The van der Waals surface area contributed by atoms with Gasteiger partial charge in [-0.3, -0.25) is 0 Å². The summed E-state index contributed by atoms with van der Waals surface area (Å²) in [6, 6.07) is 4.25. The lowest BCUT2D eigenvalue weighted by Crippen LogP contribution is -2.13. The van der Waals surface area contributed by atoms with Crippen molar-refractivity contribution in [3.8, 4) is 0 Å². The van der Waals surface area contributed by atoms with Gasteiger partial charge in [0, 0.05) is 12.1 Å². The van der Waals surface area contributed by atoms with Crippen LogP contribution in [0.3, 0.4) is 0 Å². The van der Waals surface area contributed by atoms with Gasteiger partial charge in [0.15, 0.2) is 0 Å². The van der Waals surface area contributed by atoms with Gasteiger partial charge in [-0.25, -0.2) is 4.79 Å². The number of nitrogens with zero attached hydrogens (tertiary/aromatic N) is 1. The van der Waals surface area contributed by atoms with Crippen LogP contribution >= 0.6 is 0 Å². The van der Waals surface area contributed by atoms with Crippen molar-refractivity contribution >= 4 is 21.7 Å². The van der Waals surface area contributed by atoms with Crippen molar-refractivity contribution in [2.75, 3.05) is 13.7 Å². The molecule has 0 saturated heterocycles. The fraction of sp³-hybridized carbons (Fsp3) is 0.200. The minimum absolute atomic E-state index is 0.000787. The highest BCUT2D eigenvalue weighted by atomic mass is 32.2. The average molecular weight is 254 g/mol. The molecular weight excluding hydrogens is 244 g/mol. The lowest BCUT2D eigenvalue weighted by atomic mass is 10.1. The van der Waals surface area contributed by atoms with E-state index in [0.29, 0.717) is 11.3 Å². The summed E-state index contributed by atoms with van der Waals surface area (Å²) >= 11 is 0. The lowest BCUT2D eigenvalue weighted by Gasteiger charge is -2.02. The molecule has 17 heavy (non-hydrogen) atoms. The number of ether oxygens (including phenoxy) is 1. The van der Waals surface area contributed by atoms with E-state index in [1.165, 1.54) is 25.3 Å². The Labute approximate surface area is 98.2 Å². The van der Waals surface area contributed by atoms with Gasteiger partial charge in [0.25, 0.3) is 10.0 Å². The Kier molecular flexibility index (Phi) is 2.72. The van der Waals surface area contributed by atoms with Gasteiger partial charge in [0.2, 0.25) is 0 Å². The number of fused-ring (bicyclic) bond motifs is 1. The maximum atomic E-state index is 11.7. The van der Waals surface area contributed by atoms with Crippen molar-refractivity contribution in [2.24, 2.45) is 10.1 Å². The third kappa shape index (κ3) is 1.83. The first-order chi connectivity index (χ1) is 7.99. The summed E-state index contributed by atoms with van der Waals surface area (Å²) in [6.45, 7) is 0.0315. The van der Waals surface area contributed by atoms with Crippen molar-refractivity contribution in [1.82, 2.24) is 0 Å². The first kappa shape index (κ1) is 11.7. The number of carbonyl (C=O) groups is 1. The van der Waals surface area contributed by atoms with Crippen LogP contribution in [0.2, 0.25) is 0 Å². The largest absolute Gasteiger partial charge is 0.465 e. The van der Waals surface area contributed by atoms with Crippen LogP contribution in [0.25, 0.3) is 0 Å². The van der Waals surface area contributed by atoms with Crippen molar-refractivity contribution in [2.45, 2.75) is 4.90 Å². The third-order valence-electron chi connectivity index (χ3n) is 2.42. The van der Waals surface area contributed by atoms with E-state index in [2.05, 4.69) is 9.13 Å². The molecule has 1 aliphatic heterocycles. The number of sulfonamides is 1. The SMILES string of the molecule is COC(=O)c1ccc2c(c1)S(=O)(=O)N=C2CN. The topological polar surface area (TPSA) is 98.8 Å². The highest BCUT2D eigenvalue weighted by Gasteiger charge is 2.29. The number of benzene rings is 1. The number of methoxy groups -OCH3 is 1. The quantitative estimate of drug-likeness (QED) is 0.744. The van der Waals surface area contributed by atoms with Gasteiger partial charge >= 0.3 is 5.97 Å². The Morgan fingerprint density at radius 1 is 1.47 bits per heavy atom. The van der Waals surface area contributed by atoms with Crippen molar-refractivity contribution < 1.29 is 17.9 Å². The molecule has 0 aliphatic carbocycles. The van der Waals surface area contributed by atoms with E-state index in [0.717, 1.165) is 0 Å². The maximum Gasteiger partial charge on any atom is 0.337 e. The smallest absolute Gasteiger partial charge is 0.337 e. The predicted octanol–water partition coefficient (Wildman–Crippen LogP) is -0.0767. The first-order valence-corrected chi connectivity index (χ1v) is 6.20. The van der Waals surface area contributed by atoms with Crippen LogP contribution in [0.4, 0.5) is 0 Å².